The molecule has 24 heavy (non-hydrogen) atoms. The van der Waals surface area contributed by atoms with E-state index in [4.69, 9.17) is 9.52 Å². The van der Waals surface area contributed by atoms with Gasteiger partial charge in [0.15, 0.2) is 5.96 Å². The zero-order valence-corrected chi connectivity index (χ0v) is 18.3. The molecule has 1 aromatic heterocycles. The number of guanidine groups is 1. The molecule has 2 heterocycles. The number of likely N-dealkylation sites (tertiary alicyclic amines) is 1. The highest BCUT2D eigenvalue weighted by molar-refractivity contribution is 14.0. The number of hydrogen-bond acceptors (Lipinski definition) is 3. The van der Waals surface area contributed by atoms with Crippen molar-refractivity contribution >= 4 is 29.9 Å². The SMILES string of the molecule is CCNC(=NCC(C)c1c(C)noc1C)N1CC(C)CC(C)C1.I. The molecule has 0 aliphatic carbocycles. The third-order valence-corrected chi connectivity index (χ3v) is 4.60. The molecule has 1 aliphatic heterocycles. The lowest BCUT2D eigenvalue weighted by Crippen LogP contribution is -2.48. The first-order valence-electron chi connectivity index (χ1n) is 8.88. The number of nitrogens with one attached hydrogen (secondary N) is 1. The Labute approximate surface area is 163 Å². The molecule has 2 rings (SSSR count). The molecule has 0 bridgehead atoms. The Morgan fingerprint density at radius 3 is 2.46 bits per heavy atom. The van der Waals surface area contributed by atoms with E-state index in [0.29, 0.717) is 5.92 Å². The summed E-state index contributed by atoms with van der Waals surface area (Å²) >= 11 is 0. The van der Waals surface area contributed by atoms with Gasteiger partial charge in [0.25, 0.3) is 0 Å². The van der Waals surface area contributed by atoms with Gasteiger partial charge in [-0.1, -0.05) is 25.9 Å². The molecule has 0 radical (unpaired) electrons. The molecule has 138 valence electrons. The summed E-state index contributed by atoms with van der Waals surface area (Å²) < 4.78 is 5.29. The summed E-state index contributed by atoms with van der Waals surface area (Å²) in [5.41, 5.74) is 2.18. The Morgan fingerprint density at radius 1 is 1.33 bits per heavy atom. The van der Waals surface area contributed by atoms with Crippen molar-refractivity contribution in [2.24, 2.45) is 16.8 Å². The minimum Gasteiger partial charge on any atom is -0.361 e. The van der Waals surface area contributed by atoms with Crippen molar-refractivity contribution in [3.63, 3.8) is 0 Å². The van der Waals surface area contributed by atoms with E-state index in [-0.39, 0.29) is 24.0 Å². The van der Waals surface area contributed by atoms with Crippen LogP contribution in [0.4, 0.5) is 0 Å². The average Bonchev–Trinajstić information content (AvgIpc) is 2.81. The molecule has 1 aromatic rings. The van der Waals surface area contributed by atoms with E-state index < -0.39 is 0 Å². The summed E-state index contributed by atoms with van der Waals surface area (Å²) in [5, 5.41) is 7.52. The molecule has 0 saturated carbocycles. The van der Waals surface area contributed by atoms with Crippen molar-refractivity contribution in [1.29, 1.82) is 0 Å². The quantitative estimate of drug-likeness (QED) is 0.431. The summed E-state index contributed by atoms with van der Waals surface area (Å²) in [5.74, 6) is 3.72. The Bertz CT molecular complexity index is 514. The number of halogens is 1. The minimum atomic E-state index is 0. The van der Waals surface area contributed by atoms with Crippen LogP contribution in [0.2, 0.25) is 0 Å². The van der Waals surface area contributed by atoms with Crippen molar-refractivity contribution in [2.45, 2.75) is 53.9 Å². The van der Waals surface area contributed by atoms with Crippen LogP contribution in [0.5, 0.6) is 0 Å². The third kappa shape index (κ3) is 5.36. The molecule has 1 saturated heterocycles. The van der Waals surface area contributed by atoms with Crippen molar-refractivity contribution in [2.75, 3.05) is 26.2 Å². The van der Waals surface area contributed by atoms with Crippen LogP contribution in [-0.4, -0.2) is 42.2 Å². The maximum atomic E-state index is 5.29. The van der Waals surface area contributed by atoms with Crippen LogP contribution in [0.3, 0.4) is 0 Å². The average molecular weight is 448 g/mol. The first-order chi connectivity index (χ1) is 10.9. The van der Waals surface area contributed by atoms with Crippen LogP contribution in [0, 0.1) is 25.7 Å². The van der Waals surface area contributed by atoms with E-state index in [1.807, 2.05) is 13.8 Å². The van der Waals surface area contributed by atoms with E-state index in [0.717, 1.165) is 55.4 Å². The Balaban J connectivity index is 0.00000288. The zero-order chi connectivity index (χ0) is 17.0. The van der Waals surface area contributed by atoms with Gasteiger partial charge in [0.1, 0.15) is 5.76 Å². The van der Waals surface area contributed by atoms with Crippen LogP contribution in [0.25, 0.3) is 0 Å². The normalized spacial score (nSPS) is 22.9. The zero-order valence-electron chi connectivity index (χ0n) is 15.9. The van der Waals surface area contributed by atoms with Crippen LogP contribution in [-0.2, 0) is 0 Å². The molecule has 5 nitrogen and oxygen atoms in total. The van der Waals surface area contributed by atoms with Gasteiger partial charge in [0.05, 0.1) is 5.69 Å². The standard InChI is InChI=1S/C18H32N4O.HI/c1-7-19-18(22-10-12(2)8-13(3)11-22)20-9-14(4)17-15(5)21-23-16(17)6;/h12-14H,7-11H2,1-6H3,(H,19,20);1H. The predicted octanol–water partition coefficient (Wildman–Crippen LogP) is 3.96. The van der Waals surface area contributed by atoms with Gasteiger partial charge in [-0.05, 0) is 39.0 Å². The Kier molecular flexibility index (Phi) is 8.53. The number of aromatic nitrogens is 1. The van der Waals surface area contributed by atoms with Gasteiger partial charge in [0, 0.05) is 37.7 Å². The molecule has 0 spiro atoms. The summed E-state index contributed by atoms with van der Waals surface area (Å²) in [6, 6.07) is 0. The summed E-state index contributed by atoms with van der Waals surface area (Å²) in [4.78, 5) is 7.33. The van der Waals surface area contributed by atoms with Crippen LogP contribution >= 0.6 is 24.0 Å². The van der Waals surface area contributed by atoms with E-state index in [1.54, 1.807) is 0 Å². The summed E-state index contributed by atoms with van der Waals surface area (Å²) in [6.45, 7) is 16.8. The second kappa shape index (κ2) is 9.63. The van der Waals surface area contributed by atoms with E-state index in [9.17, 15) is 0 Å². The first kappa shape index (κ1) is 21.3. The number of nitrogens with zero attached hydrogens (tertiary/aromatic N) is 3. The predicted molar refractivity (Wildman–Crippen MR) is 110 cm³/mol. The van der Waals surface area contributed by atoms with Crippen LogP contribution < -0.4 is 5.32 Å². The molecule has 1 aliphatic rings. The van der Waals surface area contributed by atoms with Gasteiger partial charge in [-0.15, -0.1) is 24.0 Å². The summed E-state index contributed by atoms with van der Waals surface area (Å²) in [6.07, 6.45) is 1.31. The minimum absolute atomic E-state index is 0. The van der Waals surface area contributed by atoms with Gasteiger partial charge in [-0.3, -0.25) is 4.99 Å². The number of piperidine rings is 1. The van der Waals surface area contributed by atoms with Crippen molar-refractivity contribution in [1.82, 2.24) is 15.4 Å². The van der Waals surface area contributed by atoms with Crippen LogP contribution in [0.1, 0.15) is 57.1 Å². The van der Waals surface area contributed by atoms with Gasteiger partial charge in [-0.25, -0.2) is 0 Å². The van der Waals surface area contributed by atoms with E-state index >= 15 is 0 Å². The van der Waals surface area contributed by atoms with Crippen molar-refractivity contribution < 1.29 is 4.52 Å². The molecule has 3 atom stereocenters. The number of hydrogen-bond donors (Lipinski definition) is 1. The topological polar surface area (TPSA) is 53.7 Å². The van der Waals surface area contributed by atoms with Crippen molar-refractivity contribution in [3.05, 3.63) is 17.0 Å². The van der Waals surface area contributed by atoms with Gasteiger partial charge < -0.3 is 14.7 Å². The fourth-order valence-corrected chi connectivity index (χ4v) is 3.77. The molecule has 0 aromatic carbocycles. The molecule has 6 heteroatoms. The second-order valence-corrected chi connectivity index (χ2v) is 7.18. The maximum absolute atomic E-state index is 5.29. The van der Waals surface area contributed by atoms with Gasteiger partial charge in [-0.2, -0.15) is 0 Å². The molecular formula is C18H33IN4O. The van der Waals surface area contributed by atoms with Crippen molar-refractivity contribution in [3.8, 4) is 0 Å². The molecule has 1 N–H and O–H groups in total. The maximum Gasteiger partial charge on any atom is 0.193 e. The molecule has 0 amide bonds. The first-order valence-corrected chi connectivity index (χ1v) is 8.88. The highest BCUT2D eigenvalue weighted by Gasteiger charge is 2.24. The highest BCUT2D eigenvalue weighted by Crippen LogP contribution is 2.24. The lowest BCUT2D eigenvalue weighted by Gasteiger charge is -2.37. The Hall–Kier alpha value is -0.790. The summed E-state index contributed by atoms with van der Waals surface area (Å²) in [7, 11) is 0. The molecule has 1 fully saturated rings. The second-order valence-electron chi connectivity index (χ2n) is 7.18. The number of aliphatic imine (C=N–C) groups is 1. The fourth-order valence-electron chi connectivity index (χ4n) is 3.77. The molecular weight excluding hydrogens is 415 g/mol. The smallest absolute Gasteiger partial charge is 0.193 e. The lowest BCUT2D eigenvalue weighted by molar-refractivity contribution is 0.208. The van der Waals surface area contributed by atoms with E-state index in [2.05, 4.69) is 43.1 Å². The van der Waals surface area contributed by atoms with Gasteiger partial charge >= 0.3 is 0 Å². The third-order valence-electron chi connectivity index (χ3n) is 4.60. The molecule has 3 unspecified atom stereocenters. The lowest BCUT2D eigenvalue weighted by atomic mass is 9.92. The highest BCUT2D eigenvalue weighted by atomic mass is 127. The fraction of sp³-hybridized carbons (Fsp3) is 0.778. The van der Waals surface area contributed by atoms with E-state index in [1.165, 1.54) is 12.0 Å². The van der Waals surface area contributed by atoms with Gasteiger partial charge in [0.2, 0.25) is 0 Å². The Morgan fingerprint density at radius 2 is 1.96 bits per heavy atom. The number of aryl methyl sites for hydroxylation is 2. The number of rotatable bonds is 4. The monoisotopic (exact) mass is 448 g/mol. The largest absolute Gasteiger partial charge is 0.361 e. The van der Waals surface area contributed by atoms with Crippen LogP contribution in [0.15, 0.2) is 9.52 Å².